The molecule has 0 fully saturated rings. The first-order valence-corrected chi connectivity index (χ1v) is 8.53. The summed E-state index contributed by atoms with van der Waals surface area (Å²) in [6.07, 6.45) is 3.81. The third-order valence-corrected chi connectivity index (χ3v) is 5.53. The van der Waals surface area contributed by atoms with Crippen molar-refractivity contribution >= 4 is 21.6 Å². The lowest BCUT2D eigenvalue weighted by Gasteiger charge is -2.27. The quantitative estimate of drug-likeness (QED) is 0.867. The molecule has 0 spiro atoms. The Balaban J connectivity index is 1.78. The Labute approximate surface area is 128 Å². The van der Waals surface area contributed by atoms with E-state index in [1.54, 1.807) is 30.5 Å². The van der Waals surface area contributed by atoms with Crippen molar-refractivity contribution in [2.75, 3.05) is 6.54 Å². The van der Waals surface area contributed by atoms with E-state index in [1.807, 2.05) is 0 Å². The average Bonchev–Trinajstić information content (AvgIpc) is 2.49. The fourth-order valence-electron chi connectivity index (χ4n) is 2.36. The van der Waals surface area contributed by atoms with Gasteiger partial charge in [-0.1, -0.05) is 23.7 Å². The summed E-state index contributed by atoms with van der Waals surface area (Å²) in [6, 6.07) is 6.87. The van der Waals surface area contributed by atoms with Crippen molar-refractivity contribution in [3.8, 4) is 0 Å². The number of benzene rings is 1. The number of fused-ring (bicyclic) bond motifs is 1. The first kappa shape index (κ1) is 14.4. The number of hydrogen-bond acceptors (Lipinski definition) is 4. The Morgan fingerprint density at radius 1 is 1.24 bits per heavy atom. The monoisotopic (exact) mass is 323 g/mol. The van der Waals surface area contributed by atoms with Crippen LogP contribution in [0.25, 0.3) is 0 Å². The number of halogens is 1. The molecule has 1 aliphatic heterocycles. The average molecular weight is 324 g/mol. The Kier molecular flexibility index (Phi) is 3.93. The maximum atomic E-state index is 12.5. The summed E-state index contributed by atoms with van der Waals surface area (Å²) in [6.45, 7) is 0.798. The molecule has 7 heteroatoms. The van der Waals surface area contributed by atoms with Crippen LogP contribution in [0.2, 0.25) is 5.02 Å². The van der Waals surface area contributed by atoms with Crippen LogP contribution in [-0.2, 0) is 28.7 Å². The molecule has 0 aliphatic carbocycles. The van der Waals surface area contributed by atoms with E-state index in [2.05, 4.69) is 9.97 Å². The highest BCUT2D eigenvalue weighted by Crippen LogP contribution is 2.21. The zero-order chi connectivity index (χ0) is 14.9. The molecule has 3 rings (SSSR count). The smallest absolute Gasteiger partial charge is 0.218 e. The van der Waals surface area contributed by atoms with Crippen molar-refractivity contribution in [3.63, 3.8) is 0 Å². The standard InChI is InChI=1S/C14H14ClN3O2S/c15-13-3-1-11(2-4-13)9-21(19,20)18-6-5-14-12(8-18)7-16-10-17-14/h1-4,7,10H,5-6,8-9H2. The Bertz CT molecular complexity index is 747. The minimum absolute atomic E-state index is 0.0206. The molecule has 5 nitrogen and oxygen atoms in total. The van der Waals surface area contributed by atoms with Gasteiger partial charge in [-0.3, -0.25) is 0 Å². The summed E-state index contributed by atoms with van der Waals surface area (Å²) in [4.78, 5) is 8.14. The van der Waals surface area contributed by atoms with Gasteiger partial charge in [0.05, 0.1) is 5.75 Å². The van der Waals surface area contributed by atoms with Gasteiger partial charge >= 0.3 is 0 Å². The molecule has 0 unspecified atom stereocenters. The molecule has 0 saturated heterocycles. The van der Waals surface area contributed by atoms with Crippen molar-refractivity contribution in [2.45, 2.75) is 18.7 Å². The molecule has 0 bridgehead atoms. The van der Waals surface area contributed by atoms with E-state index < -0.39 is 10.0 Å². The largest absolute Gasteiger partial charge is 0.244 e. The van der Waals surface area contributed by atoms with Gasteiger partial charge in [0.2, 0.25) is 10.0 Å². The second kappa shape index (κ2) is 5.71. The first-order chi connectivity index (χ1) is 10.0. The van der Waals surface area contributed by atoms with E-state index in [1.165, 1.54) is 10.6 Å². The molecule has 2 heterocycles. The van der Waals surface area contributed by atoms with Gasteiger partial charge in [0.1, 0.15) is 6.33 Å². The normalized spacial score (nSPS) is 15.7. The molecule has 0 amide bonds. The highest BCUT2D eigenvalue weighted by atomic mass is 35.5. The summed E-state index contributed by atoms with van der Waals surface area (Å²) in [5, 5.41) is 0.597. The summed E-state index contributed by atoms with van der Waals surface area (Å²) in [5.41, 5.74) is 2.54. The zero-order valence-electron chi connectivity index (χ0n) is 11.2. The Morgan fingerprint density at radius 3 is 2.76 bits per heavy atom. The van der Waals surface area contributed by atoms with Crippen LogP contribution in [0.4, 0.5) is 0 Å². The van der Waals surface area contributed by atoms with E-state index in [4.69, 9.17) is 11.6 Å². The van der Waals surface area contributed by atoms with Gasteiger partial charge in [-0.2, -0.15) is 4.31 Å². The number of nitrogens with zero attached hydrogens (tertiary/aromatic N) is 3. The van der Waals surface area contributed by atoms with Crippen molar-refractivity contribution in [2.24, 2.45) is 0 Å². The summed E-state index contributed by atoms with van der Waals surface area (Å²) < 4.78 is 26.5. The lowest BCUT2D eigenvalue weighted by molar-refractivity contribution is 0.386. The van der Waals surface area contributed by atoms with Crippen LogP contribution in [0.15, 0.2) is 36.8 Å². The number of hydrogen-bond donors (Lipinski definition) is 0. The predicted molar refractivity (Wildman–Crippen MR) is 80.2 cm³/mol. The molecule has 0 N–H and O–H groups in total. The summed E-state index contributed by atoms with van der Waals surface area (Å²) in [7, 11) is -3.36. The summed E-state index contributed by atoms with van der Waals surface area (Å²) in [5.74, 6) is -0.0206. The molecular formula is C14H14ClN3O2S. The SMILES string of the molecule is O=S(=O)(Cc1ccc(Cl)cc1)N1CCc2ncncc2C1. The van der Waals surface area contributed by atoms with Gasteiger partial charge in [0.25, 0.3) is 0 Å². The van der Waals surface area contributed by atoms with E-state index >= 15 is 0 Å². The molecular weight excluding hydrogens is 310 g/mol. The van der Waals surface area contributed by atoms with Gasteiger partial charge in [0.15, 0.2) is 0 Å². The third-order valence-electron chi connectivity index (χ3n) is 3.48. The van der Waals surface area contributed by atoms with Crippen LogP contribution in [0.3, 0.4) is 0 Å². The fourth-order valence-corrected chi connectivity index (χ4v) is 3.99. The van der Waals surface area contributed by atoms with Crippen molar-refractivity contribution < 1.29 is 8.42 Å². The van der Waals surface area contributed by atoms with Crippen LogP contribution in [-0.4, -0.2) is 29.2 Å². The maximum absolute atomic E-state index is 12.5. The molecule has 21 heavy (non-hydrogen) atoms. The van der Waals surface area contributed by atoms with E-state index in [0.717, 1.165) is 16.8 Å². The first-order valence-electron chi connectivity index (χ1n) is 6.54. The fraction of sp³-hybridized carbons (Fsp3) is 0.286. The Hall–Kier alpha value is -1.50. The lowest BCUT2D eigenvalue weighted by atomic mass is 10.1. The predicted octanol–water partition coefficient (Wildman–Crippen LogP) is 2.02. The topological polar surface area (TPSA) is 63.2 Å². The molecule has 110 valence electrons. The van der Waals surface area contributed by atoms with Gasteiger partial charge in [0, 0.05) is 42.0 Å². The van der Waals surface area contributed by atoms with Gasteiger partial charge in [-0.25, -0.2) is 18.4 Å². The maximum Gasteiger partial charge on any atom is 0.218 e. The number of rotatable bonds is 3. The van der Waals surface area contributed by atoms with E-state index in [9.17, 15) is 8.42 Å². The van der Waals surface area contributed by atoms with Gasteiger partial charge < -0.3 is 0 Å². The second-order valence-corrected chi connectivity index (χ2v) is 7.37. The molecule has 1 aliphatic rings. The number of sulfonamides is 1. The van der Waals surface area contributed by atoms with Crippen molar-refractivity contribution in [3.05, 3.63) is 58.6 Å². The molecule has 1 aromatic heterocycles. The minimum atomic E-state index is -3.36. The van der Waals surface area contributed by atoms with Crippen molar-refractivity contribution in [1.82, 2.24) is 14.3 Å². The van der Waals surface area contributed by atoms with Crippen LogP contribution in [0.5, 0.6) is 0 Å². The molecule has 0 atom stereocenters. The van der Waals surface area contributed by atoms with Crippen LogP contribution in [0.1, 0.15) is 16.8 Å². The van der Waals surface area contributed by atoms with Crippen LogP contribution in [0, 0.1) is 0 Å². The van der Waals surface area contributed by atoms with Crippen LogP contribution >= 0.6 is 11.6 Å². The summed E-state index contributed by atoms with van der Waals surface area (Å²) >= 11 is 5.81. The number of aromatic nitrogens is 2. The van der Waals surface area contributed by atoms with Gasteiger partial charge in [-0.15, -0.1) is 0 Å². The van der Waals surface area contributed by atoms with E-state index in [-0.39, 0.29) is 5.75 Å². The lowest BCUT2D eigenvalue weighted by Crippen LogP contribution is -2.37. The highest BCUT2D eigenvalue weighted by Gasteiger charge is 2.27. The van der Waals surface area contributed by atoms with Crippen molar-refractivity contribution in [1.29, 1.82) is 0 Å². The molecule has 1 aromatic carbocycles. The second-order valence-electron chi connectivity index (χ2n) is 4.96. The third kappa shape index (κ3) is 3.23. The van der Waals surface area contributed by atoms with Gasteiger partial charge in [-0.05, 0) is 17.7 Å². The van der Waals surface area contributed by atoms with Crippen LogP contribution < -0.4 is 0 Å². The highest BCUT2D eigenvalue weighted by molar-refractivity contribution is 7.88. The Morgan fingerprint density at radius 2 is 2.00 bits per heavy atom. The molecule has 0 radical (unpaired) electrons. The molecule has 2 aromatic rings. The van der Waals surface area contributed by atoms with E-state index in [0.29, 0.717) is 24.5 Å². The zero-order valence-corrected chi connectivity index (χ0v) is 12.8. The molecule has 0 saturated carbocycles. The minimum Gasteiger partial charge on any atom is -0.244 e.